The van der Waals surface area contributed by atoms with E-state index in [4.69, 9.17) is 4.42 Å². The highest BCUT2D eigenvalue weighted by atomic mass is 16.3. The zero-order valence-corrected chi connectivity index (χ0v) is 17.9. The van der Waals surface area contributed by atoms with E-state index >= 15 is 0 Å². The molecule has 1 aliphatic heterocycles. The third kappa shape index (κ3) is 3.26. The largest absolute Gasteiger partial charge is 0.508 e. The van der Waals surface area contributed by atoms with Crippen molar-refractivity contribution in [2.45, 2.75) is 32.9 Å². The average molecular weight is 429 g/mol. The predicted molar refractivity (Wildman–Crippen MR) is 120 cm³/mol. The zero-order chi connectivity index (χ0) is 22.4. The summed E-state index contributed by atoms with van der Waals surface area (Å²) in [5.41, 5.74) is 3.20. The van der Waals surface area contributed by atoms with Crippen LogP contribution in [0.4, 0.5) is 0 Å². The van der Waals surface area contributed by atoms with Gasteiger partial charge >= 0.3 is 0 Å². The Bertz CT molecular complexity index is 1390. The van der Waals surface area contributed by atoms with Crippen LogP contribution in [0.3, 0.4) is 0 Å². The van der Waals surface area contributed by atoms with Crippen molar-refractivity contribution in [1.82, 2.24) is 14.5 Å². The standard InChI is InChI=1S/C25H23N3O4/c1-15-11-19-20(12-16(15)2)32-24-21(23(19)30)22(17-5-3-6-18(29)13-17)28(25(24)31)9-4-8-27-10-7-26-14-27/h3,5-7,10-14,22,29H,4,8-9H2,1-2H3/t22-/m1/s1. The molecule has 162 valence electrons. The van der Waals surface area contributed by atoms with E-state index in [1.807, 2.05) is 42.8 Å². The number of aromatic nitrogens is 2. The van der Waals surface area contributed by atoms with Crippen LogP contribution in [0.1, 0.15) is 45.3 Å². The molecule has 0 unspecified atom stereocenters. The summed E-state index contributed by atoms with van der Waals surface area (Å²) in [6.45, 7) is 5.01. The van der Waals surface area contributed by atoms with Crippen molar-refractivity contribution in [2.75, 3.05) is 6.54 Å². The lowest BCUT2D eigenvalue weighted by Crippen LogP contribution is -2.31. The first-order valence-corrected chi connectivity index (χ1v) is 10.6. The van der Waals surface area contributed by atoms with E-state index in [-0.39, 0.29) is 22.8 Å². The number of carbonyl (C=O) groups excluding carboxylic acids is 1. The van der Waals surface area contributed by atoms with E-state index in [1.54, 1.807) is 35.6 Å². The second-order valence-corrected chi connectivity index (χ2v) is 8.26. The van der Waals surface area contributed by atoms with Gasteiger partial charge in [0, 0.05) is 25.5 Å². The molecule has 1 amide bonds. The zero-order valence-electron chi connectivity index (χ0n) is 17.9. The number of aryl methyl sites for hydroxylation is 3. The van der Waals surface area contributed by atoms with Crippen LogP contribution in [0, 0.1) is 13.8 Å². The summed E-state index contributed by atoms with van der Waals surface area (Å²) >= 11 is 0. The van der Waals surface area contributed by atoms with E-state index in [0.29, 0.717) is 41.6 Å². The molecule has 0 aliphatic carbocycles. The minimum Gasteiger partial charge on any atom is -0.508 e. The van der Waals surface area contributed by atoms with Gasteiger partial charge in [0.25, 0.3) is 5.91 Å². The topological polar surface area (TPSA) is 88.6 Å². The van der Waals surface area contributed by atoms with Gasteiger partial charge in [-0.3, -0.25) is 9.59 Å². The molecule has 1 atom stereocenters. The number of benzene rings is 2. The van der Waals surface area contributed by atoms with Gasteiger partial charge < -0.3 is 19.0 Å². The van der Waals surface area contributed by atoms with Gasteiger partial charge in [0.2, 0.25) is 5.76 Å². The molecule has 7 nitrogen and oxygen atoms in total. The van der Waals surface area contributed by atoms with Crippen LogP contribution < -0.4 is 5.43 Å². The van der Waals surface area contributed by atoms with Crippen molar-refractivity contribution in [2.24, 2.45) is 0 Å². The van der Waals surface area contributed by atoms with E-state index in [9.17, 15) is 14.7 Å². The Kier molecular flexibility index (Phi) is 4.81. The van der Waals surface area contributed by atoms with Crippen LogP contribution >= 0.6 is 0 Å². The fourth-order valence-corrected chi connectivity index (χ4v) is 4.39. The number of rotatable bonds is 5. The van der Waals surface area contributed by atoms with Crippen LogP contribution in [-0.4, -0.2) is 32.0 Å². The lowest BCUT2D eigenvalue weighted by Gasteiger charge is -2.25. The Morgan fingerprint density at radius 2 is 1.91 bits per heavy atom. The molecule has 0 saturated carbocycles. The maximum Gasteiger partial charge on any atom is 0.290 e. The quantitative estimate of drug-likeness (QED) is 0.519. The summed E-state index contributed by atoms with van der Waals surface area (Å²) in [7, 11) is 0. The summed E-state index contributed by atoms with van der Waals surface area (Å²) in [6, 6.07) is 9.72. The highest BCUT2D eigenvalue weighted by Crippen LogP contribution is 2.39. The fourth-order valence-electron chi connectivity index (χ4n) is 4.39. The first-order valence-electron chi connectivity index (χ1n) is 10.6. The molecule has 0 radical (unpaired) electrons. The summed E-state index contributed by atoms with van der Waals surface area (Å²) < 4.78 is 7.97. The average Bonchev–Trinajstić information content (AvgIpc) is 3.37. The van der Waals surface area contributed by atoms with Crippen molar-refractivity contribution in [1.29, 1.82) is 0 Å². The Hall–Kier alpha value is -3.87. The van der Waals surface area contributed by atoms with Crippen LogP contribution in [0.25, 0.3) is 11.0 Å². The SMILES string of the molecule is Cc1cc2oc3c(c(=O)c2cc1C)[C@@H](c1cccc(O)c1)N(CCCn1ccnc1)C3=O. The molecule has 1 aliphatic rings. The van der Waals surface area contributed by atoms with Gasteiger partial charge in [-0.2, -0.15) is 0 Å². The van der Waals surface area contributed by atoms with E-state index in [0.717, 1.165) is 11.1 Å². The lowest BCUT2D eigenvalue weighted by molar-refractivity contribution is 0.0723. The summed E-state index contributed by atoms with van der Waals surface area (Å²) in [4.78, 5) is 32.7. The smallest absolute Gasteiger partial charge is 0.290 e. The first kappa shape index (κ1) is 20.1. The highest BCUT2D eigenvalue weighted by Gasteiger charge is 2.42. The van der Waals surface area contributed by atoms with Gasteiger partial charge in [-0.05, 0) is 61.2 Å². The summed E-state index contributed by atoms with van der Waals surface area (Å²) in [6.07, 6.45) is 5.99. The summed E-state index contributed by atoms with van der Waals surface area (Å²) in [5.74, 6) is -0.142. The number of amides is 1. The Balaban J connectivity index is 1.63. The highest BCUT2D eigenvalue weighted by molar-refractivity contribution is 5.99. The normalized spacial score (nSPS) is 15.5. The molecule has 5 rings (SSSR count). The van der Waals surface area contributed by atoms with Crippen LogP contribution in [0.2, 0.25) is 0 Å². The molecule has 1 N–H and O–H groups in total. The number of nitrogens with zero attached hydrogens (tertiary/aromatic N) is 3. The van der Waals surface area contributed by atoms with Gasteiger partial charge in [-0.15, -0.1) is 0 Å². The molecule has 3 heterocycles. The number of aromatic hydroxyl groups is 1. The Morgan fingerprint density at radius 3 is 2.66 bits per heavy atom. The third-order valence-electron chi connectivity index (χ3n) is 6.14. The number of phenolic OH excluding ortho intramolecular Hbond substituents is 1. The molecule has 2 aromatic carbocycles. The molecular formula is C25H23N3O4. The molecule has 0 fully saturated rings. The Morgan fingerprint density at radius 1 is 1.09 bits per heavy atom. The van der Waals surface area contributed by atoms with Gasteiger partial charge in [0.1, 0.15) is 11.3 Å². The second-order valence-electron chi connectivity index (χ2n) is 8.26. The third-order valence-corrected chi connectivity index (χ3v) is 6.14. The number of fused-ring (bicyclic) bond motifs is 2. The molecular weight excluding hydrogens is 406 g/mol. The van der Waals surface area contributed by atoms with Crippen molar-refractivity contribution in [3.63, 3.8) is 0 Å². The molecule has 4 aromatic rings. The van der Waals surface area contributed by atoms with E-state index in [1.165, 1.54) is 0 Å². The summed E-state index contributed by atoms with van der Waals surface area (Å²) in [5, 5.41) is 10.5. The monoisotopic (exact) mass is 429 g/mol. The van der Waals surface area contributed by atoms with Crippen LogP contribution in [0.5, 0.6) is 5.75 Å². The van der Waals surface area contributed by atoms with E-state index in [2.05, 4.69) is 4.98 Å². The maximum atomic E-state index is 13.6. The number of imidazole rings is 1. The van der Waals surface area contributed by atoms with Crippen LogP contribution in [0.15, 0.2) is 64.3 Å². The number of phenols is 1. The predicted octanol–water partition coefficient (Wildman–Crippen LogP) is 3.95. The minimum absolute atomic E-state index is 0.0819. The molecule has 7 heteroatoms. The Labute approximate surface area is 184 Å². The lowest BCUT2D eigenvalue weighted by atomic mass is 9.97. The molecule has 2 aromatic heterocycles. The van der Waals surface area contributed by atoms with Gasteiger partial charge in [0.05, 0.1) is 23.3 Å². The minimum atomic E-state index is -0.616. The number of hydrogen-bond donors (Lipinski definition) is 1. The van der Waals surface area contributed by atoms with Crippen molar-refractivity contribution < 1.29 is 14.3 Å². The van der Waals surface area contributed by atoms with Gasteiger partial charge in [-0.25, -0.2) is 4.98 Å². The van der Waals surface area contributed by atoms with Gasteiger partial charge in [0.15, 0.2) is 5.43 Å². The molecule has 0 bridgehead atoms. The number of hydrogen-bond acceptors (Lipinski definition) is 5. The molecule has 0 spiro atoms. The fraction of sp³-hybridized carbons (Fsp3) is 0.240. The van der Waals surface area contributed by atoms with Gasteiger partial charge in [-0.1, -0.05) is 12.1 Å². The first-order chi connectivity index (χ1) is 15.4. The maximum absolute atomic E-state index is 13.6. The van der Waals surface area contributed by atoms with E-state index < -0.39 is 6.04 Å². The van der Waals surface area contributed by atoms with Crippen LogP contribution in [-0.2, 0) is 6.54 Å². The van der Waals surface area contributed by atoms with Crippen molar-refractivity contribution in [3.05, 3.63) is 93.4 Å². The number of carbonyl (C=O) groups is 1. The molecule has 32 heavy (non-hydrogen) atoms. The van der Waals surface area contributed by atoms with Crippen molar-refractivity contribution in [3.8, 4) is 5.75 Å². The second kappa shape index (κ2) is 7.67. The van der Waals surface area contributed by atoms with Crippen molar-refractivity contribution >= 4 is 16.9 Å². The molecule has 0 saturated heterocycles.